The lowest BCUT2D eigenvalue weighted by Crippen LogP contribution is -2.37. The zero-order valence-corrected chi connectivity index (χ0v) is 15.7. The molecule has 0 radical (unpaired) electrons. The summed E-state index contributed by atoms with van der Waals surface area (Å²) in [5.41, 5.74) is 4.86. The van der Waals surface area contributed by atoms with E-state index in [1.54, 1.807) is 0 Å². The van der Waals surface area contributed by atoms with E-state index in [-0.39, 0.29) is 0 Å². The molecule has 1 saturated heterocycles. The van der Waals surface area contributed by atoms with Crippen LogP contribution in [0.5, 0.6) is 0 Å². The first kappa shape index (κ1) is 17.5. The first-order chi connectivity index (χ1) is 13.2. The van der Waals surface area contributed by atoms with E-state index in [0.29, 0.717) is 6.42 Å². The Labute approximate surface area is 159 Å². The van der Waals surface area contributed by atoms with E-state index in [4.69, 9.17) is 14.7 Å². The highest BCUT2D eigenvalue weighted by molar-refractivity contribution is 5.59. The van der Waals surface area contributed by atoms with Gasteiger partial charge in [-0.15, -0.1) is 0 Å². The maximum Gasteiger partial charge on any atom is 0.135 e. The van der Waals surface area contributed by atoms with Crippen molar-refractivity contribution >= 4 is 5.82 Å². The van der Waals surface area contributed by atoms with Crippen LogP contribution < -0.4 is 4.90 Å². The molecule has 6 nitrogen and oxygen atoms in total. The molecule has 27 heavy (non-hydrogen) atoms. The molecule has 0 atom stereocenters. The molecule has 0 spiro atoms. The van der Waals surface area contributed by atoms with Crippen LogP contribution in [0.25, 0.3) is 11.4 Å². The molecule has 138 valence electrons. The van der Waals surface area contributed by atoms with Crippen LogP contribution in [-0.4, -0.2) is 46.2 Å². The van der Waals surface area contributed by atoms with Crippen molar-refractivity contribution in [2.75, 3.05) is 31.2 Å². The number of hydrogen-bond acceptors (Lipinski definition) is 6. The minimum atomic E-state index is 0.667. The van der Waals surface area contributed by atoms with Crippen molar-refractivity contribution in [3.05, 3.63) is 65.4 Å². The Bertz CT molecular complexity index is 937. The average molecular weight is 361 g/mol. The summed E-state index contributed by atoms with van der Waals surface area (Å²) in [6.07, 6.45) is 2.50. The third-order valence-corrected chi connectivity index (χ3v) is 4.57. The standard InChI is InChI=1S/C21H23N5O/c1-15-4-3-5-18(23-15)19-14-21(26-8-10-27-11-9-26)25-20(24-19)13-17-6-7-22-16(2)12-17/h3-7,12,14H,8-11,13H2,1-2H3. The topological polar surface area (TPSA) is 64.0 Å². The largest absolute Gasteiger partial charge is 0.378 e. The molecule has 4 rings (SSSR count). The number of hydrogen-bond donors (Lipinski definition) is 0. The van der Waals surface area contributed by atoms with Crippen LogP contribution in [0.3, 0.4) is 0 Å². The first-order valence-electron chi connectivity index (χ1n) is 9.23. The Kier molecular flexibility index (Phi) is 5.07. The van der Waals surface area contributed by atoms with Crippen molar-refractivity contribution in [1.82, 2.24) is 19.9 Å². The maximum absolute atomic E-state index is 5.49. The van der Waals surface area contributed by atoms with Crippen LogP contribution in [0, 0.1) is 13.8 Å². The van der Waals surface area contributed by atoms with Gasteiger partial charge in [0.25, 0.3) is 0 Å². The normalized spacial score (nSPS) is 14.4. The van der Waals surface area contributed by atoms with E-state index in [1.807, 2.05) is 50.4 Å². The van der Waals surface area contributed by atoms with Crippen LogP contribution in [0.4, 0.5) is 5.82 Å². The quantitative estimate of drug-likeness (QED) is 0.712. The fourth-order valence-corrected chi connectivity index (χ4v) is 3.23. The fraction of sp³-hybridized carbons (Fsp3) is 0.333. The molecule has 0 aromatic carbocycles. The Morgan fingerprint density at radius 2 is 1.78 bits per heavy atom. The Morgan fingerprint density at radius 1 is 0.926 bits per heavy atom. The van der Waals surface area contributed by atoms with E-state index in [2.05, 4.69) is 20.9 Å². The molecule has 0 bridgehead atoms. The van der Waals surface area contributed by atoms with Crippen molar-refractivity contribution in [2.45, 2.75) is 20.3 Å². The third-order valence-electron chi connectivity index (χ3n) is 4.57. The lowest BCUT2D eigenvalue weighted by atomic mass is 10.1. The van der Waals surface area contributed by atoms with E-state index in [9.17, 15) is 0 Å². The van der Waals surface area contributed by atoms with Crippen molar-refractivity contribution < 1.29 is 4.74 Å². The van der Waals surface area contributed by atoms with Gasteiger partial charge >= 0.3 is 0 Å². The summed E-state index contributed by atoms with van der Waals surface area (Å²) < 4.78 is 5.49. The number of pyridine rings is 2. The Balaban J connectivity index is 1.73. The van der Waals surface area contributed by atoms with Crippen molar-refractivity contribution in [3.8, 4) is 11.4 Å². The molecule has 0 amide bonds. The highest BCUT2D eigenvalue weighted by atomic mass is 16.5. The summed E-state index contributed by atoms with van der Waals surface area (Å²) in [4.78, 5) is 20.8. The molecular formula is C21H23N5O. The van der Waals surface area contributed by atoms with E-state index < -0.39 is 0 Å². The first-order valence-corrected chi connectivity index (χ1v) is 9.23. The van der Waals surface area contributed by atoms with Gasteiger partial charge in [-0.2, -0.15) is 0 Å². The smallest absolute Gasteiger partial charge is 0.135 e. The Hall–Kier alpha value is -2.86. The number of anilines is 1. The molecule has 0 unspecified atom stereocenters. The van der Waals surface area contributed by atoms with Gasteiger partial charge in [0, 0.05) is 43.2 Å². The minimum absolute atomic E-state index is 0.667. The lowest BCUT2D eigenvalue weighted by Gasteiger charge is -2.28. The van der Waals surface area contributed by atoms with Gasteiger partial charge in [-0.25, -0.2) is 9.97 Å². The zero-order chi connectivity index (χ0) is 18.6. The summed E-state index contributed by atoms with van der Waals surface area (Å²) in [5.74, 6) is 1.73. The number of aromatic nitrogens is 4. The van der Waals surface area contributed by atoms with Crippen LogP contribution in [0.15, 0.2) is 42.6 Å². The van der Waals surface area contributed by atoms with Gasteiger partial charge in [0.2, 0.25) is 0 Å². The second-order valence-corrected chi connectivity index (χ2v) is 6.77. The van der Waals surface area contributed by atoms with Crippen LogP contribution in [0.2, 0.25) is 0 Å². The fourth-order valence-electron chi connectivity index (χ4n) is 3.23. The maximum atomic E-state index is 5.49. The second-order valence-electron chi connectivity index (χ2n) is 6.77. The van der Waals surface area contributed by atoms with Crippen molar-refractivity contribution in [1.29, 1.82) is 0 Å². The molecule has 3 aromatic heterocycles. The third kappa shape index (κ3) is 4.28. The molecule has 0 aliphatic carbocycles. The number of morpholine rings is 1. The SMILES string of the molecule is Cc1cc(Cc2nc(-c3cccc(C)n3)cc(N3CCOCC3)n2)ccn1. The summed E-state index contributed by atoms with van der Waals surface area (Å²) in [7, 11) is 0. The second kappa shape index (κ2) is 7.80. The molecule has 6 heteroatoms. The van der Waals surface area contributed by atoms with Gasteiger partial charge in [0.05, 0.1) is 24.6 Å². The van der Waals surface area contributed by atoms with Crippen LogP contribution in [-0.2, 0) is 11.2 Å². The van der Waals surface area contributed by atoms with Gasteiger partial charge in [-0.05, 0) is 43.7 Å². The predicted molar refractivity (Wildman–Crippen MR) is 105 cm³/mol. The molecule has 3 aromatic rings. The molecule has 1 aliphatic heterocycles. The molecular weight excluding hydrogens is 338 g/mol. The lowest BCUT2D eigenvalue weighted by molar-refractivity contribution is 0.122. The number of aryl methyl sites for hydroxylation is 2. The molecule has 0 saturated carbocycles. The summed E-state index contributed by atoms with van der Waals surface area (Å²) >= 11 is 0. The van der Waals surface area contributed by atoms with E-state index in [0.717, 1.165) is 66.3 Å². The van der Waals surface area contributed by atoms with Crippen LogP contribution in [0.1, 0.15) is 22.8 Å². The summed E-state index contributed by atoms with van der Waals surface area (Å²) in [6.45, 7) is 7.11. The van der Waals surface area contributed by atoms with Gasteiger partial charge < -0.3 is 9.64 Å². The summed E-state index contributed by atoms with van der Waals surface area (Å²) in [5, 5.41) is 0. The van der Waals surface area contributed by atoms with Gasteiger partial charge in [0.1, 0.15) is 11.6 Å². The number of rotatable bonds is 4. The number of nitrogens with zero attached hydrogens (tertiary/aromatic N) is 5. The monoisotopic (exact) mass is 361 g/mol. The summed E-state index contributed by atoms with van der Waals surface area (Å²) in [6, 6.07) is 12.1. The zero-order valence-electron chi connectivity index (χ0n) is 15.7. The van der Waals surface area contributed by atoms with Gasteiger partial charge in [-0.3, -0.25) is 9.97 Å². The molecule has 0 N–H and O–H groups in total. The van der Waals surface area contributed by atoms with Crippen molar-refractivity contribution in [3.63, 3.8) is 0 Å². The molecule has 1 aliphatic rings. The highest BCUT2D eigenvalue weighted by Gasteiger charge is 2.16. The molecule has 4 heterocycles. The van der Waals surface area contributed by atoms with Crippen molar-refractivity contribution in [2.24, 2.45) is 0 Å². The van der Waals surface area contributed by atoms with Gasteiger partial charge in [0.15, 0.2) is 0 Å². The van der Waals surface area contributed by atoms with E-state index >= 15 is 0 Å². The predicted octanol–water partition coefficient (Wildman–Crippen LogP) is 2.98. The van der Waals surface area contributed by atoms with Crippen LogP contribution >= 0.6 is 0 Å². The van der Waals surface area contributed by atoms with E-state index in [1.165, 1.54) is 0 Å². The minimum Gasteiger partial charge on any atom is -0.378 e. The Morgan fingerprint density at radius 3 is 2.56 bits per heavy atom. The number of ether oxygens (including phenoxy) is 1. The highest BCUT2D eigenvalue weighted by Crippen LogP contribution is 2.22. The molecule has 1 fully saturated rings. The van der Waals surface area contributed by atoms with Gasteiger partial charge in [-0.1, -0.05) is 6.07 Å². The average Bonchev–Trinajstić information content (AvgIpc) is 2.68.